The fraction of sp³-hybridized carbons (Fsp3) is 0.569. The van der Waals surface area contributed by atoms with Crippen LogP contribution in [0.25, 0.3) is 23.3 Å². The van der Waals surface area contributed by atoms with Gasteiger partial charge in [-0.15, -0.1) is 0 Å². The second-order valence-corrected chi connectivity index (χ2v) is 20.5. The van der Waals surface area contributed by atoms with E-state index in [-0.39, 0.29) is 56.3 Å². The van der Waals surface area contributed by atoms with Crippen molar-refractivity contribution < 1.29 is 107 Å². The van der Waals surface area contributed by atoms with Crippen LogP contribution in [0.5, 0.6) is 5.75 Å². The molecule has 0 radical (unpaired) electrons. The van der Waals surface area contributed by atoms with Crippen LogP contribution in [-0.2, 0) is 76.7 Å². The molecule has 478 valence electrons. The Morgan fingerprint density at radius 2 is 1.15 bits per heavy atom. The highest BCUT2D eigenvalue weighted by Gasteiger charge is 2.36. The molecule has 3 aromatic rings. The van der Waals surface area contributed by atoms with Crippen LogP contribution in [-0.4, -0.2) is 209 Å². The summed E-state index contributed by atoms with van der Waals surface area (Å²) in [7, 11) is -5.65. The third kappa shape index (κ3) is 24.0. The van der Waals surface area contributed by atoms with Crippen molar-refractivity contribution in [2.75, 3.05) is 152 Å². The number of carbonyl (C=O) groups excluding carboxylic acids is 4. The molecule has 1 atom stereocenters. The molecule has 3 N–H and O–H groups in total. The van der Waals surface area contributed by atoms with Crippen LogP contribution in [0.4, 0.5) is 17.6 Å². The lowest BCUT2D eigenvalue weighted by Crippen LogP contribution is -2.40. The second kappa shape index (κ2) is 39.1. The average molecular weight is 1240 g/mol. The summed E-state index contributed by atoms with van der Waals surface area (Å²) in [6.07, 6.45) is 8.02. The molecular weight excluding hydrogens is 1160 g/mol. The summed E-state index contributed by atoms with van der Waals surface area (Å²) in [5.74, 6) is -13.2. The van der Waals surface area contributed by atoms with Crippen LogP contribution < -0.4 is 10.5 Å². The minimum Gasteiger partial charge on any atom is -0.420 e. The zero-order valence-electron chi connectivity index (χ0n) is 48.5. The normalized spacial score (nSPS) is 14.2. The number of ketones is 1. The molecule has 1 unspecified atom stereocenters. The molecule has 23 nitrogen and oxygen atoms in total. The molecule has 0 bridgehead atoms. The Morgan fingerprint density at radius 1 is 0.651 bits per heavy atom. The van der Waals surface area contributed by atoms with Gasteiger partial charge in [-0.1, -0.05) is 25.1 Å². The molecule has 28 heteroatoms. The molecule has 1 fully saturated rings. The molecular formula is C58H78F4N4O19S. The highest BCUT2D eigenvalue weighted by atomic mass is 32.2. The maximum atomic E-state index is 14.0. The molecule has 2 aliphatic rings. The summed E-state index contributed by atoms with van der Waals surface area (Å²) < 4.78 is 145. The summed E-state index contributed by atoms with van der Waals surface area (Å²) >= 11 is 0. The van der Waals surface area contributed by atoms with Gasteiger partial charge in [0, 0.05) is 55.6 Å². The van der Waals surface area contributed by atoms with Crippen molar-refractivity contribution in [3.05, 3.63) is 87.9 Å². The fourth-order valence-corrected chi connectivity index (χ4v) is 9.24. The van der Waals surface area contributed by atoms with Gasteiger partial charge in [0.2, 0.25) is 17.4 Å². The number of halogens is 4. The van der Waals surface area contributed by atoms with Gasteiger partial charge in [0.05, 0.1) is 145 Å². The molecule has 0 spiro atoms. The highest BCUT2D eigenvalue weighted by molar-refractivity contribution is 7.85. The molecule has 2 heterocycles. The van der Waals surface area contributed by atoms with Crippen molar-refractivity contribution in [3.63, 3.8) is 0 Å². The maximum absolute atomic E-state index is 14.0. The third-order valence-electron chi connectivity index (χ3n) is 12.7. The quantitative estimate of drug-likeness (QED) is 0.0126. The lowest BCUT2D eigenvalue weighted by atomic mass is 9.99. The number of benzene rings is 2. The molecule has 5 rings (SSSR count). The first-order chi connectivity index (χ1) is 41.5. The zero-order valence-corrected chi connectivity index (χ0v) is 49.4. The van der Waals surface area contributed by atoms with E-state index in [4.69, 9.17) is 62.5 Å². The predicted molar refractivity (Wildman–Crippen MR) is 301 cm³/mol. The Kier molecular flexibility index (Phi) is 32.3. The number of Topliss-reactive ketones (excluding diaryl/α,β-unsaturated/α-hetero) is 1. The largest absolute Gasteiger partial charge is 0.420 e. The van der Waals surface area contributed by atoms with E-state index in [0.717, 1.165) is 35.1 Å². The van der Waals surface area contributed by atoms with Crippen LogP contribution in [0.2, 0.25) is 0 Å². The Hall–Kier alpha value is -5.86. The number of hydrogen-bond donors (Lipinski definition) is 2. The van der Waals surface area contributed by atoms with Crippen molar-refractivity contribution in [1.29, 1.82) is 0 Å². The number of rotatable bonds is 44. The number of allylic oxidation sites excluding steroid dienone is 1. The van der Waals surface area contributed by atoms with Crippen molar-refractivity contribution in [2.45, 2.75) is 69.7 Å². The maximum Gasteiger partial charge on any atom is 0.313 e. The summed E-state index contributed by atoms with van der Waals surface area (Å²) in [5, 5.41) is 1.39. The molecule has 1 saturated heterocycles. The molecule has 2 amide bonds. The number of ether oxygens (including phenoxy) is 11. The van der Waals surface area contributed by atoms with Crippen molar-refractivity contribution >= 4 is 45.8 Å². The van der Waals surface area contributed by atoms with Gasteiger partial charge in [-0.05, 0) is 73.6 Å². The van der Waals surface area contributed by atoms with Gasteiger partial charge in [-0.25, -0.2) is 13.8 Å². The highest BCUT2D eigenvalue weighted by Crippen LogP contribution is 2.33. The van der Waals surface area contributed by atoms with E-state index in [1.54, 1.807) is 17.2 Å². The standard InChI is InChI=1S/C58H78F4N4O19S/c1-3-14-66(84-4-2)57(69)45-37-42-10-9-41(36-44(42)38-46(63)39-45)43-11-12-47(64-40-43)58(70)65-15-5-7-48(65)49(67)8-6-16-74-18-20-76-22-24-78-26-28-80-30-32-82-34-35-83-33-31-81-29-27-79-25-23-77-21-19-75-17-13-50(68)85-55-51(59)53(61)56(86(71,72)73)54(62)52(55)60/h9-12,36-38,40,48H,3-8,13-35,39,63H2,1-2H3,(H,71,72,73). The van der Waals surface area contributed by atoms with Crippen LogP contribution in [0.3, 0.4) is 0 Å². The van der Waals surface area contributed by atoms with Gasteiger partial charge in [0.15, 0.2) is 22.3 Å². The SMILES string of the molecule is CCCN(OCC)C(=O)C1=Cc2ccc(-c3ccc(C(=O)N4CCCC4C(=O)CCCOCCOCCOCCOCCOCCOCCOCCOCCOCCOCCC(=O)Oc4c(F)c(F)c(S(=O)(=O)O)c(F)c4F)nc3)cc2C=C(N)C1. The number of aromatic nitrogens is 1. The Balaban J connectivity index is 0.766. The number of likely N-dealkylation sites (tertiary alicyclic amines) is 1. The second-order valence-electron chi connectivity index (χ2n) is 19.1. The van der Waals surface area contributed by atoms with Crippen LogP contribution in [0, 0.1) is 23.3 Å². The number of nitrogens with zero attached hydrogens (tertiary/aromatic N) is 3. The minimum absolute atomic E-state index is 0.00412. The number of amides is 2. The van der Waals surface area contributed by atoms with Gasteiger partial charge in [-0.3, -0.25) is 33.6 Å². The number of hydroxylamine groups is 2. The lowest BCUT2D eigenvalue weighted by molar-refractivity contribution is -0.180. The van der Waals surface area contributed by atoms with Crippen molar-refractivity contribution in [1.82, 2.24) is 14.9 Å². The molecule has 1 aliphatic heterocycles. The smallest absolute Gasteiger partial charge is 0.313 e. The van der Waals surface area contributed by atoms with E-state index in [2.05, 4.69) is 9.72 Å². The van der Waals surface area contributed by atoms with Gasteiger partial charge in [-0.2, -0.15) is 17.2 Å². The molecule has 1 aromatic heterocycles. The summed E-state index contributed by atoms with van der Waals surface area (Å²) in [6.45, 7) is 11.1. The van der Waals surface area contributed by atoms with E-state index in [1.165, 1.54) is 5.06 Å². The van der Waals surface area contributed by atoms with Crippen molar-refractivity contribution in [2.24, 2.45) is 5.73 Å². The number of carbonyl (C=O) groups is 4. The number of hydrogen-bond acceptors (Lipinski definition) is 20. The monoisotopic (exact) mass is 1240 g/mol. The first-order valence-electron chi connectivity index (χ1n) is 28.4. The third-order valence-corrected chi connectivity index (χ3v) is 13.6. The number of nitrogens with two attached hydrogens (primary N) is 1. The molecule has 86 heavy (non-hydrogen) atoms. The van der Waals surface area contributed by atoms with E-state index < -0.39 is 62.5 Å². The molecule has 2 aromatic carbocycles. The Labute approximate surface area is 497 Å². The van der Waals surface area contributed by atoms with Crippen LogP contribution >= 0.6 is 0 Å². The predicted octanol–water partition coefficient (Wildman–Crippen LogP) is 5.94. The van der Waals surface area contributed by atoms with E-state index in [9.17, 15) is 45.2 Å². The number of pyridine rings is 1. The van der Waals surface area contributed by atoms with E-state index in [0.29, 0.717) is 156 Å². The van der Waals surface area contributed by atoms with E-state index >= 15 is 0 Å². The van der Waals surface area contributed by atoms with Gasteiger partial charge < -0.3 is 62.7 Å². The van der Waals surface area contributed by atoms with Gasteiger partial charge in [0.1, 0.15) is 5.69 Å². The number of esters is 1. The minimum atomic E-state index is -5.65. The average Bonchev–Trinajstić information content (AvgIpc) is 1.29. The lowest BCUT2D eigenvalue weighted by Gasteiger charge is -2.23. The molecule has 1 aliphatic carbocycles. The topological polar surface area (TPSA) is 279 Å². The Morgan fingerprint density at radius 3 is 1.63 bits per heavy atom. The van der Waals surface area contributed by atoms with E-state index in [1.807, 2.05) is 50.3 Å². The summed E-state index contributed by atoms with van der Waals surface area (Å²) in [6, 6.07) is 8.90. The van der Waals surface area contributed by atoms with Crippen LogP contribution in [0.15, 0.2) is 52.7 Å². The zero-order chi connectivity index (χ0) is 62.1. The van der Waals surface area contributed by atoms with Crippen LogP contribution in [0.1, 0.15) is 80.4 Å². The Bertz CT molecular complexity index is 2760. The fourth-order valence-electron chi connectivity index (χ4n) is 8.61. The van der Waals surface area contributed by atoms with Crippen molar-refractivity contribution in [3.8, 4) is 16.9 Å². The molecule has 0 saturated carbocycles. The first-order valence-corrected chi connectivity index (χ1v) is 29.9. The summed E-state index contributed by atoms with van der Waals surface area (Å²) in [5.41, 5.74) is 11.1. The first kappa shape index (κ1) is 70.9. The van der Waals surface area contributed by atoms with Gasteiger partial charge >= 0.3 is 16.1 Å². The number of fused-ring (bicyclic) bond motifs is 1. The summed E-state index contributed by atoms with van der Waals surface area (Å²) in [4.78, 5) is 61.5. The van der Waals surface area contributed by atoms with Gasteiger partial charge in [0.25, 0.3) is 11.8 Å².